The minimum absolute atomic E-state index is 0.286. The molecular weight excluding hydrogens is 250 g/mol. The van der Waals surface area contributed by atoms with Crippen molar-refractivity contribution in [1.82, 2.24) is 5.32 Å². The van der Waals surface area contributed by atoms with E-state index in [1.165, 1.54) is 11.1 Å². The topological polar surface area (TPSA) is 30.5 Å². The van der Waals surface area contributed by atoms with E-state index < -0.39 is 0 Å². The lowest BCUT2D eigenvalue weighted by atomic mass is 10.0. The molecule has 2 rings (SSSR count). The van der Waals surface area contributed by atoms with Crippen LogP contribution in [0.4, 0.5) is 0 Å². The lowest BCUT2D eigenvalue weighted by Crippen LogP contribution is -2.22. The minimum atomic E-state index is 0.286. The van der Waals surface area contributed by atoms with Crippen molar-refractivity contribution in [2.24, 2.45) is 5.92 Å². The van der Waals surface area contributed by atoms with Crippen LogP contribution in [0.5, 0.6) is 11.5 Å². The van der Waals surface area contributed by atoms with Gasteiger partial charge < -0.3 is 14.8 Å². The zero-order chi connectivity index (χ0) is 14.5. The van der Waals surface area contributed by atoms with Crippen molar-refractivity contribution < 1.29 is 9.47 Å². The number of ether oxygens (including phenoxy) is 2. The summed E-state index contributed by atoms with van der Waals surface area (Å²) in [5.41, 5.74) is 2.52. The third-order valence-corrected chi connectivity index (χ3v) is 3.50. The molecule has 1 aliphatic heterocycles. The van der Waals surface area contributed by atoms with Crippen LogP contribution in [0.25, 0.3) is 0 Å². The first-order valence-corrected chi connectivity index (χ1v) is 7.76. The SMILES string of the molecule is CCOc1cc2c(cc1CCNCC(C)C)OC(C)C2. The van der Waals surface area contributed by atoms with Crippen LogP contribution < -0.4 is 14.8 Å². The van der Waals surface area contributed by atoms with E-state index in [-0.39, 0.29) is 6.10 Å². The Kier molecular flexibility index (Phi) is 5.30. The zero-order valence-electron chi connectivity index (χ0n) is 13.2. The van der Waals surface area contributed by atoms with Crippen molar-refractivity contribution in [3.8, 4) is 11.5 Å². The molecule has 3 heteroatoms. The first-order valence-electron chi connectivity index (χ1n) is 7.76. The van der Waals surface area contributed by atoms with Gasteiger partial charge in [-0.1, -0.05) is 13.8 Å². The molecule has 1 aromatic rings. The summed E-state index contributed by atoms with van der Waals surface area (Å²) >= 11 is 0. The van der Waals surface area contributed by atoms with Gasteiger partial charge in [0.2, 0.25) is 0 Å². The normalized spacial score (nSPS) is 17.1. The summed E-state index contributed by atoms with van der Waals surface area (Å²) in [5, 5.41) is 3.48. The van der Waals surface area contributed by atoms with Crippen molar-refractivity contribution in [2.45, 2.75) is 46.6 Å². The predicted octanol–water partition coefficient (Wildman–Crippen LogP) is 3.20. The number of nitrogens with one attached hydrogen (secondary N) is 1. The molecule has 1 N–H and O–H groups in total. The van der Waals surface area contributed by atoms with Crippen LogP contribution in [0, 0.1) is 5.92 Å². The maximum absolute atomic E-state index is 5.85. The largest absolute Gasteiger partial charge is 0.494 e. The maximum Gasteiger partial charge on any atom is 0.123 e. The number of hydrogen-bond donors (Lipinski definition) is 1. The van der Waals surface area contributed by atoms with E-state index >= 15 is 0 Å². The van der Waals surface area contributed by atoms with Gasteiger partial charge in [-0.15, -0.1) is 0 Å². The Labute approximate surface area is 122 Å². The molecule has 0 fully saturated rings. The van der Waals surface area contributed by atoms with Crippen LogP contribution >= 0.6 is 0 Å². The molecule has 1 unspecified atom stereocenters. The molecule has 0 amide bonds. The second-order valence-corrected chi connectivity index (χ2v) is 5.98. The standard InChI is InChI=1S/C17H27NO2/c1-5-19-16-10-15-8-13(4)20-17(15)9-14(16)6-7-18-11-12(2)3/h9-10,12-13,18H,5-8,11H2,1-4H3. The molecule has 20 heavy (non-hydrogen) atoms. The third-order valence-electron chi connectivity index (χ3n) is 3.50. The van der Waals surface area contributed by atoms with Crippen LogP contribution in [-0.2, 0) is 12.8 Å². The molecule has 1 aliphatic rings. The molecule has 0 spiro atoms. The van der Waals surface area contributed by atoms with E-state index in [2.05, 4.69) is 38.2 Å². The van der Waals surface area contributed by atoms with Gasteiger partial charge in [0.15, 0.2) is 0 Å². The number of benzene rings is 1. The smallest absolute Gasteiger partial charge is 0.123 e. The van der Waals surface area contributed by atoms with Gasteiger partial charge in [0.05, 0.1) is 6.61 Å². The van der Waals surface area contributed by atoms with Gasteiger partial charge in [-0.2, -0.15) is 0 Å². The van der Waals surface area contributed by atoms with E-state index in [0.29, 0.717) is 12.5 Å². The molecule has 1 heterocycles. The van der Waals surface area contributed by atoms with Gasteiger partial charge in [-0.3, -0.25) is 0 Å². The van der Waals surface area contributed by atoms with E-state index in [0.717, 1.165) is 37.4 Å². The Morgan fingerprint density at radius 3 is 2.90 bits per heavy atom. The Hall–Kier alpha value is -1.22. The average molecular weight is 277 g/mol. The van der Waals surface area contributed by atoms with Gasteiger partial charge in [0.1, 0.15) is 17.6 Å². The van der Waals surface area contributed by atoms with Gasteiger partial charge in [0.25, 0.3) is 0 Å². The second-order valence-electron chi connectivity index (χ2n) is 5.98. The molecule has 0 aromatic heterocycles. The zero-order valence-corrected chi connectivity index (χ0v) is 13.2. The van der Waals surface area contributed by atoms with Gasteiger partial charge >= 0.3 is 0 Å². The highest BCUT2D eigenvalue weighted by atomic mass is 16.5. The van der Waals surface area contributed by atoms with E-state index in [1.54, 1.807) is 0 Å². The fourth-order valence-corrected chi connectivity index (χ4v) is 2.58. The highest BCUT2D eigenvalue weighted by Gasteiger charge is 2.21. The quantitative estimate of drug-likeness (QED) is 0.776. The van der Waals surface area contributed by atoms with Crippen molar-refractivity contribution in [2.75, 3.05) is 19.7 Å². The van der Waals surface area contributed by atoms with Crippen molar-refractivity contribution in [1.29, 1.82) is 0 Å². The molecule has 1 atom stereocenters. The van der Waals surface area contributed by atoms with Crippen molar-refractivity contribution in [3.05, 3.63) is 23.3 Å². The highest BCUT2D eigenvalue weighted by Crippen LogP contribution is 2.35. The number of rotatable bonds is 7. The summed E-state index contributed by atoms with van der Waals surface area (Å²) < 4.78 is 11.6. The summed E-state index contributed by atoms with van der Waals surface area (Å²) in [5.74, 6) is 2.75. The van der Waals surface area contributed by atoms with Gasteiger partial charge in [-0.05, 0) is 57.0 Å². The molecular formula is C17H27NO2. The second kappa shape index (κ2) is 6.98. The molecule has 0 radical (unpaired) electrons. The summed E-state index contributed by atoms with van der Waals surface area (Å²) in [7, 11) is 0. The lowest BCUT2D eigenvalue weighted by Gasteiger charge is -2.13. The first kappa shape index (κ1) is 15.2. The summed E-state index contributed by atoms with van der Waals surface area (Å²) in [6.07, 6.45) is 2.25. The molecule has 112 valence electrons. The van der Waals surface area contributed by atoms with Crippen LogP contribution in [0.2, 0.25) is 0 Å². The Bertz CT molecular complexity index is 443. The van der Waals surface area contributed by atoms with Crippen LogP contribution in [-0.4, -0.2) is 25.8 Å². The van der Waals surface area contributed by atoms with E-state index in [4.69, 9.17) is 9.47 Å². The van der Waals surface area contributed by atoms with Crippen LogP contribution in [0.1, 0.15) is 38.8 Å². The molecule has 3 nitrogen and oxygen atoms in total. The maximum atomic E-state index is 5.85. The molecule has 0 aliphatic carbocycles. The van der Waals surface area contributed by atoms with E-state index in [9.17, 15) is 0 Å². The van der Waals surface area contributed by atoms with Crippen LogP contribution in [0.15, 0.2) is 12.1 Å². The lowest BCUT2D eigenvalue weighted by molar-refractivity contribution is 0.254. The third kappa shape index (κ3) is 3.89. The first-order chi connectivity index (χ1) is 9.60. The van der Waals surface area contributed by atoms with Gasteiger partial charge in [-0.25, -0.2) is 0 Å². The van der Waals surface area contributed by atoms with Crippen molar-refractivity contribution >= 4 is 0 Å². The molecule has 0 saturated carbocycles. The minimum Gasteiger partial charge on any atom is -0.494 e. The predicted molar refractivity (Wildman–Crippen MR) is 82.8 cm³/mol. The average Bonchev–Trinajstić information content (AvgIpc) is 2.74. The van der Waals surface area contributed by atoms with E-state index in [1.807, 2.05) is 6.92 Å². The Morgan fingerprint density at radius 2 is 2.20 bits per heavy atom. The number of fused-ring (bicyclic) bond motifs is 1. The molecule has 1 aromatic carbocycles. The number of hydrogen-bond acceptors (Lipinski definition) is 3. The fourth-order valence-electron chi connectivity index (χ4n) is 2.58. The fraction of sp³-hybridized carbons (Fsp3) is 0.647. The monoisotopic (exact) mass is 277 g/mol. The summed E-state index contributed by atoms with van der Waals surface area (Å²) in [4.78, 5) is 0. The van der Waals surface area contributed by atoms with Crippen molar-refractivity contribution in [3.63, 3.8) is 0 Å². The summed E-state index contributed by atoms with van der Waals surface area (Å²) in [6, 6.07) is 4.33. The Balaban J connectivity index is 2.04. The van der Waals surface area contributed by atoms with Crippen LogP contribution in [0.3, 0.4) is 0 Å². The Morgan fingerprint density at radius 1 is 1.40 bits per heavy atom. The molecule has 0 bridgehead atoms. The highest BCUT2D eigenvalue weighted by molar-refractivity contribution is 5.48. The summed E-state index contributed by atoms with van der Waals surface area (Å²) in [6.45, 7) is 11.3. The molecule has 0 saturated heterocycles. The van der Waals surface area contributed by atoms with Gasteiger partial charge in [0, 0.05) is 12.0 Å².